The van der Waals surface area contributed by atoms with Crippen LogP contribution in [0.1, 0.15) is 11.1 Å². The molecule has 0 radical (unpaired) electrons. The molecule has 1 aliphatic heterocycles. The van der Waals surface area contributed by atoms with Gasteiger partial charge >= 0.3 is 24.0 Å². The summed E-state index contributed by atoms with van der Waals surface area (Å²) >= 11 is 0. The second kappa shape index (κ2) is 4.62. The Labute approximate surface area is 111 Å². The number of hydrogen-bond donors (Lipinski definition) is 0. The molecule has 1 aliphatic rings. The van der Waals surface area contributed by atoms with E-state index >= 15 is 0 Å². The Morgan fingerprint density at radius 2 is 1.55 bits per heavy atom. The van der Waals surface area contributed by atoms with Crippen LogP contribution in [0.4, 0.5) is 18.0 Å². The topological polar surface area (TPSA) is 57.7 Å². The van der Waals surface area contributed by atoms with E-state index in [0.717, 1.165) is 31.3 Å². The Hall–Kier alpha value is -2.38. The van der Waals surface area contributed by atoms with Crippen molar-refractivity contribution >= 4 is 17.8 Å². The lowest BCUT2D eigenvalue weighted by molar-refractivity contribution is -0.143. The first-order chi connectivity index (χ1) is 9.21. The summed E-state index contributed by atoms with van der Waals surface area (Å²) < 4.78 is 37.1. The van der Waals surface area contributed by atoms with Gasteiger partial charge in [-0.3, -0.25) is 19.4 Å². The quantitative estimate of drug-likeness (QED) is 0.613. The van der Waals surface area contributed by atoms with Crippen molar-refractivity contribution in [1.82, 2.24) is 9.80 Å². The number of nitrogens with zero attached hydrogens (tertiary/aromatic N) is 2. The summed E-state index contributed by atoms with van der Waals surface area (Å²) in [7, 11) is 1.16. The van der Waals surface area contributed by atoms with Gasteiger partial charge in [-0.1, -0.05) is 12.1 Å². The van der Waals surface area contributed by atoms with E-state index in [-0.39, 0.29) is 6.54 Å². The fraction of sp³-hybridized carbons (Fsp3) is 0.250. The predicted molar refractivity (Wildman–Crippen MR) is 60.2 cm³/mol. The third-order valence-electron chi connectivity index (χ3n) is 2.87. The number of benzene rings is 1. The summed E-state index contributed by atoms with van der Waals surface area (Å²) in [5.74, 6) is -1.95. The van der Waals surface area contributed by atoms with Crippen molar-refractivity contribution in [2.24, 2.45) is 0 Å². The molecule has 106 valence electrons. The second-order valence-electron chi connectivity index (χ2n) is 4.23. The van der Waals surface area contributed by atoms with Gasteiger partial charge < -0.3 is 0 Å². The van der Waals surface area contributed by atoms with Gasteiger partial charge in [-0.15, -0.1) is 0 Å². The largest absolute Gasteiger partial charge is 0.416 e. The van der Waals surface area contributed by atoms with E-state index in [1.807, 2.05) is 0 Å². The molecule has 0 saturated carbocycles. The van der Waals surface area contributed by atoms with Crippen molar-refractivity contribution in [3.8, 4) is 0 Å². The van der Waals surface area contributed by atoms with Crippen LogP contribution in [0.5, 0.6) is 0 Å². The third kappa shape index (κ3) is 2.36. The van der Waals surface area contributed by atoms with Gasteiger partial charge in [0.05, 0.1) is 12.1 Å². The molecule has 1 fully saturated rings. The van der Waals surface area contributed by atoms with Crippen LogP contribution in [0.25, 0.3) is 0 Å². The molecule has 0 aliphatic carbocycles. The first-order valence-electron chi connectivity index (χ1n) is 5.51. The molecule has 8 heteroatoms. The highest BCUT2D eigenvalue weighted by Gasteiger charge is 2.42. The first kappa shape index (κ1) is 14.0. The van der Waals surface area contributed by atoms with E-state index in [1.54, 1.807) is 0 Å². The third-order valence-corrected chi connectivity index (χ3v) is 2.87. The first-order valence-corrected chi connectivity index (χ1v) is 5.51. The number of rotatable bonds is 2. The highest BCUT2D eigenvalue weighted by molar-refractivity contribution is 6.44. The number of urea groups is 1. The van der Waals surface area contributed by atoms with Crippen LogP contribution in [0.3, 0.4) is 0 Å². The number of likely N-dealkylation sites (N-methyl/N-ethyl adjacent to an activating group) is 1. The molecule has 1 aromatic rings. The van der Waals surface area contributed by atoms with Crippen LogP contribution < -0.4 is 0 Å². The Morgan fingerprint density at radius 1 is 1.00 bits per heavy atom. The smallest absolute Gasteiger partial charge is 0.263 e. The zero-order valence-corrected chi connectivity index (χ0v) is 10.3. The van der Waals surface area contributed by atoms with E-state index in [2.05, 4.69) is 0 Å². The Balaban J connectivity index is 2.17. The minimum absolute atomic E-state index is 0.244. The summed E-state index contributed by atoms with van der Waals surface area (Å²) in [5, 5.41) is 0. The summed E-state index contributed by atoms with van der Waals surface area (Å²) in [6.07, 6.45) is -4.45. The predicted octanol–water partition coefficient (Wildman–Crippen LogP) is 1.63. The van der Waals surface area contributed by atoms with Crippen molar-refractivity contribution in [2.75, 3.05) is 7.05 Å². The lowest BCUT2D eigenvalue weighted by Gasteiger charge is -2.13. The van der Waals surface area contributed by atoms with Crippen molar-refractivity contribution in [3.63, 3.8) is 0 Å². The van der Waals surface area contributed by atoms with Crippen molar-refractivity contribution in [1.29, 1.82) is 0 Å². The van der Waals surface area contributed by atoms with E-state index in [4.69, 9.17) is 0 Å². The van der Waals surface area contributed by atoms with Gasteiger partial charge in [-0.05, 0) is 17.7 Å². The van der Waals surface area contributed by atoms with Crippen molar-refractivity contribution < 1.29 is 27.6 Å². The molecule has 0 unspecified atom stereocenters. The Morgan fingerprint density at radius 3 is 1.95 bits per heavy atom. The maximum atomic E-state index is 12.4. The van der Waals surface area contributed by atoms with Gasteiger partial charge in [0.1, 0.15) is 0 Å². The van der Waals surface area contributed by atoms with Gasteiger partial charge in [0.2, 0.25) is 0 Å². The minimum atomic E-state index is -4.45. The molecule has 2 rings (SSSR count). The van der Waals surface area contributed by atoms with Crippen molar-refractivity contribution in [2.45, 2.75) is 12.7 Å². The number of hydrogen-bond acceptors (Lipinski definition) is 3. The van der Waals surface area contributed by atoms with Crippen molar-refractivity contribution in [3.05, 3.63) is 35.4 Å². The minimum Gasteiger partial charge on any atom is -0.263 e. The average Bonchev–Trinajstić information content (AvgIpc) is 2.56. The van der Waals surface area contributed by atoms with E-state index < -0.39 is 29.6 Å². The Bertz CT molecular complexity index is 581. The number of imide groups is 2. The number of carbonyl (C=O) groups is 3. The zero-order valence-electron chi connectivity index (χ0n) is 10.3. The molecule has 1 aromatic carbocycles. The van der Waals surface area contributed by atoms with Crippen LogP contribution in [-0.2, 0) is 22.3 Å². The molecule has 0 spiro atoms. The zero-order chi connectivity index (χ0) is 15.1. The summed E-state index contributed by atoms with van der Waals surface area (Å²) in [4.78, 5) is 35.7. The summed E-state index contributed by atoms with van der Waals surface area (Å²) in [6.45, 7) is -0.244. The molecule has 0 atom stereocenters. The normalized spacial score (nSPS) is 16.3. The second-order valence-corrected chi connectivity index (χ2v) is 4.23. The number of carbonyl (C=O) groups excluding carboxylic acids is 3. The lowest BCUT2D eigenvalue weighted by Crippen LogP contribution is -2.31. The van der Waals surface area contributed by atoms with Crippen LogP contribution in [0, 0.1) is 0 Å². The molecule has 4 amide bonds. The van der Waals surface area contributed by atoms with Crippen LogP contribution >= 0.6 is 0 Å². The molecule has 20 heavy (non-hydrogen) atoms. The lowest BCUT2D eigenvalue weighted by atomic mass is 10.1. The number of halogens is 3. The maximum absolute atomic E-state index is 12.4. The molecule has 5 nitrogen and oxygen atoms in total. The standard InChI is InChI=1S/C12H9F3N2O3/c1-16-9(18)10(19)17(11(16)20)6-7-2-4-8(5-3-7)12(13,14)15/h2-5H,6H2,1H3. The summed E-state index contributed by atoms with van der Waals surface area (Å²) in [5.41, 5.74) is -0.503. The molecular formula is C12H9F3N2O3. The monoisotopic (exact) mass is 286 g/mol. The molecule has 0 bridgehead atoms. The van der Waals surface area contributed by atoms with Gasteiger partial charge in [0.15, 0.2) is 0 Å². The van der Waals surface area contributed by atoms with Crippen LogP contribution in [-0.4, -0.2) is 34.7 Å². The van der Waals surface area contributed by atoms with Gasteiger partial charge in [-0.2, -0.15) is 13.2 Å². The van der Waals surface area contributed by atoms with Gasteiger partial charge in [0, 0.05) is 7.05 Å². The van der Waals surface area contributed by atoms with E-state index in [0.29, 0.717) is 15.4 Å². The average molecular weight is 286 g/mol. The highest BCUT2D eigenvalue weighted by atomic mass is 19.4. The summed E-state index contributed by atoms with van der Waals surface area (Å²) in [6, 6.07) is 3.23. The molecule has 1 saturated heterocycles. The molecule has 0 N–H and O–H groups in total. The SMILES string of the molecule is CN1C(=O)C(=O)N(Cc2ccc(C(F)(F)F)cc2)C1=O. The van der Waals surface area contributed by atoms with E-state index in [1.165, 1.54) is 0 Å². The number of amides is 4. The van der Waals surface area contributed by atoms with Crippen LogP contribution in [0.2, 0.25) is 0 Å². The van der Waals surface area contributed by atoms with Gasteiger partial charge in [-0.25, -0.2) is 4.79 Å². The fourth-order valence-electron chi connectivity index (χ4n) is 1.73. The molecule has 1 heterocycles. The van der Waals surface area contributed by atoms with Gasteiger partial charge in [0.25, 0.3) is 0 Å². The highest BCUT2D eigenvalue weighted by Crippen LogP contribution is 2.29. The number of alkyl halides is 3. The molecule has 0 aromatic heterocycles. The maximum Gasteiger partial charge on any atom is 0.416 e. The Kier molecular flexibility index (Phi) is 3.24. The fourth-order valence-corrected chi connectivity index (χ4v) is 1.73. The molecular weight excluding hydrogens is 277 g/mol. The van der Waals surface area contributed by atoms with E-state index in [9.17, 15) is 27.6 Å². The van der Waals surface area contributed by atoms with Crippen LogP contribution in [0.15, 0.2) is 24.3 Å².